The number of hydrogen-bond acceptors (Lipinski definition) is 6. The fraction of sp³-hybridized carbons (Fsp3) is 0.353. The lowest BCUT2D eigenvalue weighted by Crippen LogP contribution is -2.47. The number of piperazine rings is 1. The van der Waals surface area contributed by atoms with E-state index in [-0.39, 0.29) is 11.9 Å². The van der Waals surface area contributed by atoms with Crippen LogP contribution in [0.15, 0.2) is 35.1 Å². The molecular weight excluding hydrogens is 320 g/mol. The second-order valence-electron chi connectivity index (χ2n) is 5.95. The highest BCUT2D eigenvalue weighted by atomic mass is 16.5. The first-order valence-corrected chi connectivity index (χ1v) is 8.37. The molecule has 130 valence electrons. The van der Waals surface area contributed by atoms with Crippen LogP contribution in [0.2, 0.25) is 0 Å². The topological polar surface area (TPSA) is 94.6 Å². The Labute approximate surface area is 144 Å². The molecule has 1 fully saturated rings. The SMILES string of the molecule is CCOc1ccc2[nH]nc(C3C=C(N4CCNC(=O)C4)N=CN3)c2c1. The Balaban J connectivity index is 1.65. The molecule has 0 spiro atoms. The number of rotatable bonds is 4. The Hall–Kier alpha value is -3.03. The van der Waals surface area contributed by atoms with E-state index in [4.69, 9.17) is 4.74 Å². The fourth-order valence-electron chi connectivity index (χ4n) is 3.11. The molecule has 1 unspecified atom stereocenters. The first kappa shape index (κ1) is 15.5. The van der Waals surface area contributed by atoms with Gasteiger partial charge >= 0.3 is 0 Å². The predicted molar refractivity (Wildman–Crippen MR) is 94.3 cm³/mol. The van der Waals surface area contributed by atoms with E-state index in [0.717, 1.165) is 34.7 Å². The predicted octanol–water partition coefficient (Wildman–Crippen LogP) is 0.907. The van der Waals surface area contributed by atoms with Gasteiger partial charge in [-0.1, -0.05) is 0 Å². The van der Waals surface area contributed by atoms with Crippen LogP contribution in [0.1, 0.15) is 18.7 Å². The van der Waals surface area contributed by atoms with E-state index in [9.17, 15) is 4.79 Å². The normalized spacial score (nSPS) is 20.2. The van der Waals surface area contributed by atoms with Gasteiger partial charge in [-0.2, -0.15) is 5.10 Å². The quantitative estimate of drug-likeness (QED) is 0.769. The number of nitrogens with one attached hydrogen (secondary N) is 3. The molecule has 25 heavy (non-hydrogen) atoms. The summed E-state index contributed by atoms with van der Waals surface area (Å²) in [5.41, 5.74) is 1.83. The van der Waals surface area contributed by atoms with Crippen molar-refractivity contribution < 1.29 is 9.53 Å². The lowest BCUT2D eigenvalue weighted by molar-refractivity contribution is -0.123. The number of aromatic amines is 1. The Morgan fingerprint density at radius 3 is 3.16 bits per heavy atom. The molecule has 2 aliphatic heterocycles. The Bertz CT molecular complexity index is 856. The summed E-state index contributed by atoms with van der Waals surface area (Å²) in [7, 11) is 0. The van der Waals surface area contributed by atoms with Crippen molar-refractivity contribution in [2.75, 3.05) is 26.2 Å². The number of fused-ring (bicyclic) bond motifs is 1. The van der Waals surface area contributed by atoms with Gasteiger partial charge in [0.15, 0.2) is 0 Å². The van der Waals surface area contributed by atoms with Crippen LogP contribution in [0, 0.1) is 0 Å². The molecule has 1 aromatic carbocycles. The zero-order valence-corrected chi connectivity index (χ0v) is 14.0. The number of amides is 1. The maximum atomic E-state index is 11.6. The summed E-state index contributed by atoms with van der Waals surface area (Å²) in [6.07, 6.45) is 3.67. The second kappa shape index (κ2) is 6.46. The van der Waals surface area contributed by atoms with Gasteiger partial charge in [0.05, 0.1) is 36.7 Å². The highest BCUT2D eigenvalue weighted by molar-refractivity contribution is 5.84. The number of carbonyl (C=O) groups is 1. The van der Waals surface area contributed by atoms with E-state index >= 15 is 0 Å². The zero-order chi connectivity index (χ0) is 17.2. The van der Waals surface area contributed by atoms with E-state index in [2.05, 4.69) is 25.8 Å². The smallest absolute Gasteiger partial charge is 0.239 e. The van der Waals surface area contributed by atoms with Crippen LogP contribution >= 0.6 is 0 Å². The van der Waals surface area contributed by atoms with Crippen LogP contribution in [-0.2, 0) is 4.79 Å². The third kappa shape index (κ3) is 3.02. The number of carbonyl (C=O) groups excluding carboxylic acids is 1. The summed E-state index contributed by atoms with van der Waals surface area (Å²) < 4.78 is 5.60. The van der Waals surface area contributed by atoms with Gasteiger partial charge in [0.25, 0.3) is 0 Å². The average molecular weight is 340 g/mol. The van der Waals surface area contributed by atoms with E-state index < -0.39 is 0 Å². The average Bonchev–Trinajstić information content (AvgIpc) is 3.05. The maximum Gasteiger partial charge on any atom is 0.239 e. The number of hydrogen-bond donors (Lipinski definition) is 3. The molecule has 1 saturated heterocycles. The third-order valence-electron chi connectivity index (χ3n) is 4.30. The number of aliphatic imine (C=N–C) groups is 1. The molecule has 0 aliphatic carbocycles. The first-order chi connectivity index (χ1) is 12.2. The van der Waals surface area contributed by atoms with Crippen molar-refractivity contribution in [3.05, 3.63) is 35.8 Å². The van der Waals surface area contributed by atoms with Crippen LogP contribution in [0.3, 0.4) is 0 Å². The largest absolute Gasteiger partial charge is 0.494 e. The van der Waals surface area contributed by atoms with Gasteiger partial charge in [-0.15, -0.1) is 0 Å². The monoisotopic (exact) mass is 340 g/mol. The van der Waals surface area contributed by atoms with Crippen LogP contribution in [-0.4, -0.2) is 53.6 Å². The molecule has 3 heterocycles. The first-order valence-electron chi connectivity index (χ1n) is 8.37. The van der Waals surface area contributed by atoms with E-state index in [0.29, 0.717) is 19.7 Å². The third-order valence-corrected chi connectivity index (χ3v) is 4.30. The highest BCUT2D eigenvalue weighted by Crippen LogP contribution is 2.28. The van der Waals surface area contributed by atoms with Gasteiger partial charge < -0.3 is 20.3 Å². The van der Waals surface area contributed by atoms with Gasteiger partial charge in [0, 0.05) is 18.5 Å². The van der Waals surface area contributed by atoms with Crippen molar-refractivity contribution in [2.24, 2.45) is 4.99 Å². The molecule has 3 N–H and O–H groups in total. The molecule has 8 heteroatoms. The van der Waals surface area contributed by atoms with Crippen molar-refractivity contribution in [3.63, 3.8) is 0 Å². The Kier molecular flexibility index (Phi) is 4.01. The van der Waals surface area contributed by atoms with Crippen molar-refractivity contribution in [1.29, 1.82) is 0 Å². The molecule has 1 amide bonds. The molecule has 2 aliphatic rings. The minimum Gasteiger partial charge on any atom is -0.494 e. The Morgan fingerprint density at radius 1 is 1.40 bits per heavy atom. The van der Waals surface area contributed by atoms with Gasteiger partial charge in [-0.25, -0.2) is 4.99 Å². The molecule has 1 atom stereocenters. The lowest BCUT2D eigenvalue weighted by atomic mass is 10.1. The maximum absolute atomic E-state index is 11.6. The summed E-state index contributed by atoms with van der Waals surface area (Å²) in [6.45, 7) is 4.29. The van der Waals surface area contributed by atoms with Crippen LogP contribution in [0.4, 0.5) is 0 Å². The minimum absolute atomic E-state index is 0.0176. The van der Waals surface area contributed by atoms with Gasteiger partial charge in [-0.3, -0.25) is 9.89 Å². The highest BCUT2D eigenvalue weighted by Gasteiger charge is 2.23. The minimum atomic E-state index is -0.122. The lowest BCUT2D eigenvalue weighted by Gasteiger charge is -2.30. The van der Waals surface area contributed by atoms with Crippen LogP contribution < -0.4 is 15.4 Å². The molecule has 1 aromatic heterocycles. The summed E-state index contributed by atoms with van der Waals surface area (Å²) >= 11 is 0. The summed E-state index contributed by atoms with van der Waals surface area (Å²) in [4.78, 5) is 18.0. The number of aromatic nitrogens is 2. The van der Waals surface area contributed by atoms with Gasteiger partial charge in [0.1, 0.15) is 11.6 Å². The zero-order valence-electron chi connectivity index (χ0n) is 14.0. The molecule has 0 bridgehead atoms. The second-order valence-corrected chi connectivity index (χ2v) is 5.95. The van der Waals surface area contributed by atoms with Crippen molar-refractivity contribution >= 4 is 23.1 Å². The molecule has 0 radical (unpaired) electrons. The van der Waals surface area contributed by atoms with Gasteiger partial charge in [-0.05, 0) is 31.2 Å². The van der Waals surface area contributed by atoms with Gasteiger partial charge in [0.2, 0.25) is 5.91 Å². The van der Waals surface area contributed by atoms with E-state index in [1.54, 1.807) is 6.34 Å². The molecule has 0 saturated carbocycles. The molecule has 2 aromatic rings. The van der Waals surface area contributed by atoms with Crippen molar-refractivity contribution in [3.8, 4) is 5.75 Å². The van der Waals surface area contributed by atoms with Crippen LogP contribution in [0.5, 0.6) is 5.75 Å². The number of benzene rings is 1. The molecule has 8 nitrogen and oxygen atoms in total. The Morgan fingerprint density at radius 2 is 2.32 bits per heavy atom. The van der Waals surface area contributed by atoms with Crippen molar-refractivity contribution in [1.82, 2.24) is 25.7 Å². The fourth-order valence-corrected chi connectivity index (χ4v) is 3.11. The van der Waals surface area contributed by atoms with E-state index in [1.807, 2.05) is 36.1 Å². The van der Waals surface area contributed by atoms with Crippen LogP contribution in [0.25, 0.3) is 10.9 Å². The van der Waals surface area contributed by atoms with E-state index in [1.165, 1.54) is 0 Å². The van der Waals surface area contributed by atoms with Crippen molar-refractivity contribution in [2.45, 2.75) is 13.0 Å². The molecule has 4 rings (SSSR count). The number of ether oxygens (including phenoxy) is 1. The summed E-state index contributed by atoms with van der Waals surface area (Å²) in [6, 6.07) is 5.76. The standard InChI is InChI=1S/C17H20N6O2/c1-2-25-11-3-4-13-12(7-11)17(22-21-13)14-8-15(20-10-19-14)23-6-5-18-16(24)9-23/h3-4,7-8,10,14H,2,5-6,9H2,1H3,(H,18,24)(H,19,20)(H,21,22). The summed E-state index contributed by atoms with van der Waals surface area (Å²) in [5, 5.41) is 14.6. The molecular formula is C17H20N6O2. The summed E-state index contributed by atoms with van der Waals surface area (Å²) in [5.74, 6) is 1.62. The number of H-pyrrole nitrogens is 1. The number of nitrogens with zero attached hydrogens (tertiary/aromatic N) is 3.